The second-order valence-electron chi connectivity index (χ2n) is 3.74. The molecule has 1 unspecified atom stereocenters. The van der Waals surface area contributed by atoms with E-state index in [1.54, 1.807) is 38.2 Å². The molecule has 0 saturated heterocycles. The lowest BCUT2D eigenvalue weighted by atomic mass is 10.1. The lowest BCUT2D eigenvalue weighted by Crippen LogP contribution is -2.16. The zero-order chi connectivity index (χ0) is 13.4. The standard InChI is InChI=1S/C13H19NO4/c1-3-17-13(16)9-18-11-6-4-10(5-7-11)12(15)8-14-2/h4-7,12,14-15H,3,8-9H2,1-2H3. The van der Waals surface area contributed by atoms with Gasteiger partial charge in [0, 0.05) is 6.54 Å². The number of rotatable bonds is 7. The van der Waals surface area contributed by atoms with Crippen molar-refractivity contribution in [3.05, 3.63) is 29.8 Å². The molecular weight excluding hydrogens is 234 g/mol. The number of esters is 1. The Kier molecular flexibility index (Phi) is 6.18. The molecule has 0 aliphatic heterocycles. The summed E-state index contributed by atoms with van der Waals surface area (Å²) in [6.45, 7) is 2.47. The lowest BCUT2D eigenvalue weighted by molar-refractivity contribution is -0.145. The summed E-state index contributed by atoms with van der Waals surface area (Å²) in [4.78, 5) is 11.1. The number of aliphatic hydroxyl groups is 1. The summed E-state index contributed by atoms with van der Waals surface area (Å²) in [7, 11) is 1.78. The van der Waals surface area contributed by atoms with Gasteiger partial charge < -0.3 is 19.9 Å². The first kappa shape index (κ1) is 14.5. The van der Waals surface area contributed by atoms with Gasteiger partial charge in [-0.1, -0.05) is 12.1 Å². The summed E-state index contributed by atoms with van der Waals surface area (Å²) >= 11 is 0. The first-order valence-corrected chi connectivity index (χ1v) is 5.88. The van der Waals surface area contributed by atoms with Gasteiger partial charge >= 0.3 is 5.97 Å². The lowest BCUT2D eigenvalue weighted by Gasteiger charge is -2.11. The maximum atomic E-state index is 11.1. The highest BCUT2D eigenvalue weighted by Gasteiger charge is 2.07. The van der Waals surface area contributed by atoms with Crippen LogP contribution in [-0.4, -0.2) is 37.9 Å². The second-order valence-corrected chi connectivity index (χ2v) is 3.74. The van der Waals surface area contributed by atoms with Gasteiger partial charge in [-0.25, -0.2) is 4.79 Å². The Bertz CT molecular complexity index is 364. The molecule has 0 bridgehead atoms. The van der Waals surface area contributed by atoms with E-state index >= 15 is 0 Å². The fourth-order valence-corrected chi connectivity index (χ4v) is 1.44. The average molecular weight is 253 g/mol. The summed E-state index contributed by atoms with van der Waals surface area (Å²) in [5, 5.41) is 12.6. The minimum atomic E-state index is -0.547. The maximum Gasteiger partial charge on any atom is 0.344 e. The van der Waals surface area contributed by atoms with E-state index in [0.29, 0.717) is 18.9 Å². The summed E-state index contributed by atoms with van der Waals surface area (Å²) < 4.78 is 9.99. The molecule has 1 aromatic rings. The number of carbonyl (C=O) groups excluding carboxylic acids is 1. The molecular formula is C13H19NO4. The van der Waals surface area contributed by atoms with Crippen molar-refractivity contribution in [1.82, 2.24) is 5.32 Å². The summed E-state index contributed by atoms with van der Waals surface area (Å²) in [6.07, 6.45) is -0.547. The summed E-state index contributed by atoms with van der Waals surface area (Å²) in [5.74, 6) is 0.181. The van der Waals surface area contributed by atoms with Crippen molar-refractivity contribution in [2.24, 2.45) is 0 Å². The molecule has 0 aliphatic carbocycles. The number of hydrogen-bond acceptors (Lipinski definition) is 5. The van der Waals surface area contributed by atoms with Crippen LogP contribution in [0.15, 0.2) is 24.3 Å². The summed E-state index contributed by atoms with van der Waals surface area (Å²) in [6, 6.07) is 6.96. The largest absolute Gasteiger partial charge is 0.482 e. The van der Waals surface area contributed by atoms with Gasteiger partial charge in [0.25, 0.3) is 0 Å². The fraction of sp³-hybridized carbons (Fsp3) is 0.462. The molecule has 1 atom stereocenters. The fourth-order valence-electron chi connectivity index (χ4n) is 1.44. The minimum absolute atomic E-state index is 0.105. The minimum Gasteiger partial charge on any atom is -0.482 e. The zero-order valence-electron chi connectivity index (χ0n) is 10.7. The number of carbonyl (C=O) groups is 1. The molecule has 5 nitrogen and oxygen atoms in total. The quantitative estimate of drug-likeness (QED) is 0.706. The van der Waals surface area contributed by atoms with Gasteiger partial charge in [0.1, 0.15) is 5.75 Å². The van der Waals surface area contributed by atoms with Crippen molar-refractivity contribution in [3.8, 4) is 5.75 Å². The van der Waals surface area contributed by atoms with E-state index < -0.39 is 12.1 Å². The van der Waals surface area contributed by atoms with Crippen LogP contribution in [-0.2, 0) is 9.53 Å². The third-order valence-corrected chi connectivity index (χ3v) is 2.32. The molecule has 0 amide bonds. The first-order chi connectivity index (χ1) is 8.67. The number of hydrogen-bond donors (Lipinski definition) is 2. The molecule has 0 heterocycles. The Labute approximate surface area is 107 Å². The monoisotopic (exact) mass is 253 g/mol. The zero-order valence-corrected chi connectivity index (χ0v) is 10.7. The van der Waals surface area contributed by atoms with Crippen molar-refractivity contribution in [2.45, 2.75) is 13.0 Å². The normalized spacial score (nSPS) is 11.9. The molecule has 0 aliphatic rings. The van der Waals surface area contributed by atoms with Gasteiger partial charge in [0.2, 0.25) is 0 Å². The van der Waals surface area contributed by atoms with Gasteiger partial charge in [-0.3, -0.25) is 0 Å². The van der Waals surface area contributed by atoms with E-state index in [1.807, 2.05) is 0 Å². The third kappa shape index (κ3) is 4.73. The predicted molar refractivity (Wildman–Crippen MR) is 67.5 cm³/mol. The van der Waals surface area contributed by atoms with Gasteiger partial charge in [0.05, 0.1) is 12.7 Å². The Morgan fingerprint density at radius 3 is 2.61 bits per heavy atom. The first-order valence-electron chi connectivity index (χ1n) is 5.88. The Balaban J connectivity index is 2.47. The number of likely N-dealkylation sites (N-methyl/N-ethyl adjacent to an activating group) is 1. The number of nitrogens with one attached hydrogen (secondary N) is 1. The third-order valence-electron chi connectivity index (χ3n) is 2.32. The smallest absolute Gasteiger partial charge is 0.344 e. The molecule has 0 spiro atoms. The van der Waals surface area contributed by atoms with Crippen LogP contribution in [0.4, 0.5) is 0 Å². The van der Waals surface area contributed by atoms with E-state index in [0.717, 1.165) is 5.56 Å². The molecule has 0 fully saturated rings. The van der Waals surface area contributed by atoms with Gasteiger partial charge in [-0.05, 0) is 31.7 Å². The number of aliphatic hydroxyl groups excluding tert-OH is 1. The molecule has 0 aromatic heterocycles. The van der Waals surface area contributed by atoms with Crippen LogP contribution in [0, 0.1) is 0 Å². The maximum absolute atomic E-state index is 11.1. The van der Waals surface area contributed by atoms with Crippen LogP contribution in [0.5, 0.6) is 5.75 Å². The van der Waals surface area contributed by atoms with Gasteiger partial charge in [-0.15, -0.1) is 0 Å². The van der Waals surface area contributed by atoms with Crippen LogP contribution >= 0.6 is 0 Å². The Hall–Kier alpha value is -1.59. The molecule has 0 radical (unpaired) electrons. The topological polar surface area (TPSA) is 67.8 Å². The van der Waals surface area contributed by atoms with Crippen LogP contribution in [0.1, 0.15) is 18.6 Å². The SMILES string of the molecule is CCOC(=O)COc1ccc(C(O)CNC)cc1. The molecule has 0 saturated carbocycles. The van der Waals surface area contributed by atoms with E-state index in [2.05, 4.69) is 5.32 Å². The molecule has 18 heavy (non-hydrogen) atoms. The van der Waals surface area contributed by atoms with Crippen molar-refractivity contribution in [1.29, 1.82) is 0 Å². The van der Waals surface area contributed by atoms with E-state index in [9.17, 15) is 9.90 Å². The van der Waals surface area contributed by atoms with Crippen molar-refractivity contribution < 1.29 is 19.4 Å². The number of benzene rings is 1. The molecule has 1 aromatic carbocycles. The van der Waals surface area contributed by atoms with Gasteiger partial charge in [-0.2, -0.15) is 0 Å². The van der Waals surface area contributed by atoms with E-state index in [-0.39, 0.29) is 6.61 Å². The Morgan fingerprint density at radius 1 is 1.39 bits per heavy atom. The van der Waals surface area contributed by atoms with Crippen LogP contribution in [0.2, 0.25) is 0 Å². The molecule has 5 heteroatoms. The molecule has 100 valence electrons. The van der Waals surface area contributed by atoms with Crippen LogP contribution < -0.4 is 10.1 Å². The number of ether oxygens (including phenoxy) is 2. The van der Waals surface area contributed by atoms with Crippen molar-refractivity contribution in [2.75, 3.05) is 26.8 Å². The highest BCUT2D eigenvalue weighted by molar-refractivity contribution is 5.71. The highest BCUT2D eigenvalue weighted by Crippen LogP contribution is 2.17. The molecule has 1 rings (SSSR count). The van der Waals surface area contributed by atoms with Crippen LogP contribution in [0.25, 0.3) is 0 Å². The van der Waals surface area contributed by atoms with Crippen molar-refractivity contribution >= 4 is 5.97 Å². The average Bonchev–Trinajstić information content (AvgIpc) is 2.37. The predicted octanol–water partition coefficient (Wildman–Crippen LogP) is 0.881. The summed E-state index contributed by atoms with van der Waals surface area (Å²) in [5.41, 5.74) is 0.799. The van der Waals surface area contributed by atoms with Gasteiger partial charge in [0.15, 0.2) is 6.61 Å². The highest BCUT2D eigenvalue weighted by atomic mass is 16.6. The van der Waals surface area contributed by atoms with E-state index in [1.165, 1.54) is 0 Å². The van der Waals surface area contributed by atoms with E-state index in [4.69, 9.17) is 9.47 Å². The molecule has 2 N–H and O–H groups in total. The second kappa shape index (κ2) is 7.68. The van der Waals surface area contributed by atoms with Crippen LogP contribution in [0.3, 0.4) is 0 Å². The Morgan fingerprint density at radius 2 is 2.06 bits per heavy atom. The van der Waals surface area contributed by atoms with Crippen molar-refractivity contribution in [3.63, 3.8) is 0 Å².